The lowest BCUT2D eigenvalue weighted by atomic mass is 10.3. The molecule has 0 saturated carbocycles. The third kappa shape index (κ3) is 7.54. The highest BCUT2D eigenvalue weighted by Crippen LogP contribution is 2.48. The molecule has 5 nitrogen and oxygen atoms in total. The van der Waals surface area contributed by atoms with Crippen LogP contribution in [-0.4, -0.2) is 38.1 Å². The Morgan fingerprint density at radius 2 is 1.89 bits per heavy atom. The maximum atomic E-state index is 12.6. The molecule has 0 heterocycles. The third-order valence-electron chi connectivity index (χ3n) is 1.92. The van der Waals surface area contributed by atoms with Crippen LogP contribution in [0.25, 0.3) is 0 Å². The fraction of sp³-hybridized carbons (Fsp3) is 0.900. The van der Waals surface area contributed by atoms with Gasteiger partial charge in [-0.05, 0) is 13.3 Å². The maximum Gasteiger partial charge on any atom is 0.426 e. The quantitative estimate of drug-likeness (QED) is 0.392. The van der Waals surface area contributed by atoms with Crippen molar-refractivity contribution in [2.45, 2.75) is 39.0 Å². The van der Waals surface area contributed by atoms with Crippen molar-refractivity contribution < 1.29 is 36.3 Å². The summed E-state index contributed by atoms with van der Waals surface area (Å²) in [5.74, 6) is -1.63. The number of esters is 1. The summed E-state index contributed by atoms with van der Waals surface area (Å²) in [5, 5.41) is 0. The van der Waals surface area contributed by atoms with E-state index in [0.29, 0.717) is 6.42 Å². The third-order valence-corrected chi connectivity index (χ3v) is 3.16. The molecule has 0 aliphatic heterocycles. The second-order valence-electron chi connectivity index (χ2n) is 3.74. The zero-order chi connectivity index (χ0) is 15.1. The van der Waals surface area contributed by atoms with E-state index >= 15 is 0 Å². The van der Waals surface area contributed by atoms with Crippen LogP contribution in [0.2, 0.25) is 0 Å². The van der Waals surface area contributed by atoms with E-state index in [2.05, 4.69) is 9.26 Å². The Morgan fingerprint density at radius 1 is 1.32 bits per heavy atom. The van der Waals surface area contributed by atoms with Gasteiger partial charge in [-0.2, -0.15) is 13.2 Å². The Balaban J connectivity index is 4.72. The molecule has 0 saturated heterocycles. The van der Waals surface area contributed by atoms with Gasteiger partial charge in [0.15, 0.2) is 0 Å². The summed E-state index contributed by atoms with van der Waals surface area (Å²) in [4.78, 5) is 11.2. The van der Waals surface area contributed by atoms with Crippen LogP contribution in [-0.2, 0) is 23.1 Å². The minimum absolute atomic E-state index is 0.00230. The van der Waals surface area contributed by atoms with Gasteiger partial charge in [0, 0.05) is 6.66 Å². The second-order valence-corrected chi connectivity index (χ2v) is 5.75. The molecule has 0 fully saturated rings. The highest BCUT2D eigenvalue weighted by atomic mass is 31.2. The molecule has 0 spiro atoms. The molecule has 114 valence electrons. The summed E-state index contributed by atoms with van der Waals surface area (Å²) < 4.78 is 62.8. The van der Waals surface area contributed by atoms with Gasteiger partial charge < -0.3 is 9.26 Å². The number of rotatable bonds is 8. The van der Waals surface area contributed by atoms with Crippen molar-refractivity contribution in [3.8, 4) is 0 Å². The predicted octanol–water partition coefficient (Wildman–Crippen LogP) is 3.14. The monoisotopic (exact) mass is 306 g/mol. The van der Waals surface area contributed by atoms with Crippen molar-refractivity contribution in [3.05, 3.63) is 0 Å². The Kier molecular flexibility index (Phi) is 7.62. The molecule has 0 aromatic rings. The van der Waals surface area contributed by atoms with Crippen molar-refractivity contribution in [2.24, 2.45) is 0 Å². The zero-order valence-electron chi connectivity index (χ0n) is 11.0. The molecule has 0 radical (unpaired) electrons. The second kappa shape index (κ2) is 7.87. The van der Waals surface area contributed by atoms with Gasteiger partial charge in [0.2, 0.25) is 0 Å². The van der Waals surface area contributed by atoms with Gasteiger partial charge in [0.1, 0.15) is 0 Å². The van der Waals surface area contributed by atoms with E-state index in [1.165, 1.54) is 6.92 Å². The van der Waals surface area contributed by atoms with E-state index in [0.717, 1.165) is 13.1 Å². The topological polar surface area (TPSA) is 61.8 Å². The molecule has 0 aromatic heterocycles. The Hall–Kier alpha value is -0.590. The van der Waals surface area contributed by atoms with Crippen molar-refractivity contribution in [2.75, 3.05) is 19.9 Å². The van der Waals surface area contributed by atoms with Gasteiger partial charge in [-0.25, -0.2) is 4.79 Å². The molecule has 9 heteroatoms. The predicted molar refractivity (Wildman–Crippen MR) is 62.0 cm³/mol. The lowest BCUT2D eigenvalue weighted by molar-refractivity contribution is -0.212. The normalized spacial score (nSPS) is 16.7. The number of hydrogen-bond donors (Lipinski definition) is 0. The Bertz CT molecular complexity index is 332. The molecule has 19 heavy (non-hydrogen) atoms. The fourth-order valence-corrected chi connectivity index (χ4v) is 2.16. The van der Waals surface area contributed by atoms with Crippen molar-refractivity contribution in [1.29, 1.82) is 0 Å². The lowest BCUT2D eigenvalue weighted by Gasteiger charge is -2.22. The minimum atomic E-state index is -5.01. The first-order valence-corrected chi connectivity index (χ1v) is 7.76. The highest BCUT2D eigenvalue weighted by molar-refractivity contribution is 7.53. The van der Waals surface area contributed by atoms with E-state index in [-0.39, 0.29) is 13.2 Å². The largest absolute Gasteiger partial charge is 0.464 e. The number of halogens is 3. The van der Waals surface area contributed by atoms with E-state index < -0.39 is 25.8 Å². The minimum Gasteiger partial charge on any atom is -0.464 e. The smallest absolute Gasteiger partial charge is 0.426 e. The molecular formula is C10H18F3O5P. The van der Waals surface area contributed by atoms with Crippen LogP contribution in [0.3, 0.4) is 0 Å². The van der Waals surface area contributed by atoms with Gasteiger partial charge in [-0.3, -0.25) is 9.09 Å². The van der Waals surface area contributed by atoms with Crippen LogP contribution >= 0.6 is 7.60 Å². The average Bonchev–Trinajstić information content (AvgIpc) is 2.25. The number of carbonyl (C=O) groups excluding carboxylic acids is 1. The number of hydrogen-bond acceptors (Lipinski definition) is 5. The molecule has 0 unspecified atom stereocenters. The first-order chi connectivity index (χ1) is 8.64. The van der Waals surface area contributed by atoms with Gasteiger partial charge in [-0.1, -0.05) is 13.3 Å². The van der Waals surface area contributed by atoms with Crippen LogP contribution in [0.4, 0.5) is 13.2 Å². The molecule has 0 bridgehead atoms. The Morgan fingerprint density at radius 3 is 2.32 bits per heavy atom. The summed E-state index contributed by atoms with van der Waals surface area (Å²) in [6.07, 6.45) is -6.66. The van der Waals surface area contributed by atoms with Gasteiger partial charge in [0.25, 0.3) is 6.10 Å². The van der Waals surface area contributed by atoms with Crippen LogP contribution in [0, 0.1) is 0 Å². The van der Waals surface area contributed by atoms with Gasteiger partial charge in [-0.15, -0.1) is 0 Å². The van der Waals surface area contributed by atoms with Crippen LogP contribution in [0.15, 0.2) is 0 Å². The van der Waals surface area contributed by atoms with Crippen LogP contribution in [0.5, 0.6) is 0 Å². The van der Waals surface area contributed by atoms with Crippen molar-refractivity contribution in [1.82, 2.24) is 0 Å². The SMILES string of the molecule is CCCCO[P@](C)(=O)O[C@@H](C(=O)OCC)C(F)(F)F. The summed E-state index contributed by atoms with van der Waals surface area (Å²) in [6, 6.07) is 0. The number of ether oxygens (including phenoxy) is 1. The maximum absolute atomic E-state index is 12.6. The highest BCUT2D eigenvalue weighted by Gasteiger charge is 2.50. The van der Waals surface area contributed by atoms with Crippen molar-refractivity contribution >= 4 is 13.6 Å². The first kappa shape index (κ1) is 18.4. The first-order valence-electron chi connectivity index (χ1n) is 5.77. The molecular weight excluding hydrogens is 288 g/mol. The summed E-state index contributed by atoms with van der Waals surface area (Å²) in [6.45, 7) is 3.84. The summed E-state index contributed by atoms with van der Waals surface area (Å²) >= 11 is 0. The number of alkyl halides is 3. The molecule has 0 aliphatic rings. The van der Waals surface area contributed by atoms with E-state index in [4.69, 9.17) is 4.52 Å². The standard InChI is InChI=1S/C10H18F3O5P/c1-4-6-7-17-19(3,15)18-8(10(11,12)13)9(14)16-5-2/h8H,4-7H2,1-3H3/t8-,19-/m0/s1. The molecule has 0 aromatic carbocycles. The zero-order valence-corrected chi connectivity index (χ0v) is 11.9. The molecule has 0 rings (SSSR count). The van der Waals surface area contributed by atoms with E-state index in [9.17, 15) is 22.5 Å². The van der Waals surface area contributed by atoms with Crippen LogP contribution in [0.1, 0.15) is 26.7 Å². The van der Waals surface area contributed by atoms with Gasteiger partial charge in [0.05, 0.1) is 13.2 Å². The number of carbonyl (C=O) groups is 1. The number of unbranched alkanes of at least 4 members (excludes halogenated alkanes) is 1. The molecule has 0 aliphatic carbocycles. The molecule has 0 amide bonds. The fourth-order valence-electron chi connectivity index (χ4n) is 1.05. The average molecular weight is 306 g/mol. The van der Waals surface area contributed by atoms with E-state index in [1.807, 2.05) is 6.92 Å². The molecule has 2 atom stereocenters. The van der Waals surface area contributed by atoms with E-state index in [1.54, 1.807) is 0 Å². The van der Waals surface area contributed by atoms with Crippen molar-refractivity contribution in [3.63, 3.8) is 0 Å². The summed E-state index contributed by atoms with van der Waals surface area (Å²) in [5.41, 5.74) is 0. The molecule has 0 N–H and O–H groups in total. The van der Waals surface area contributed by atoms with Crippen LogP contribution < -0.4 is 0 Å². The van der Waals surface area contributed by atoms with Gasteiger partial charge >= 0.3 is 19.7 Å². The Labute approximate surface area is 109 Å². The summed E-state index contributed by atoms with van der Waals surface area (Å²) in [7, 11) is -3.97. The lowest BCUT2D eigenvalue weighted by Crippen LogP contribution is -2.39.